The number of nitrogens with zero attached hydrogens (tertiary/aromatic N) is 6. The molecule has 29 heavy (non-hydrogen) atoms. The first-order valence-electron chi connectivity index (χ1n) is 9.13. The second kappa shape index (κ2) is 8.06. The Morgan fingerprint density at radius 3 is 2.83 bits per heavy atom. The first-order chi connectivity index (χ1) is 14.0. The Labute approximate surface area is 171 Å². The third-order valence-corrected chi connectivity index (χ3v) is 5.42. The van der Waals surface area contributed by atoms with Gasteiger partial charge >= 0.3 is 0 Å². The lowest BCUT2D eigenvalue weighted by Crippen LogP contribution is -2.12. The Kier molecular flexibility index (Phi) is 5.32. The number of aliphatic hydroxyl groups is 1. The molecule has 1 unspecified atom stereocenters. The highest BCUT2D eigenvalue weighted by molar-refractivity contribution is 7.12. The van der Waals surface area contributed by atoms with Gasteiger partial charge in [-0.05, 0) is 32.0 Å². The maximum atomic E-state index is 12.8. The van der Waals surface area contributed by atoms with Crippen molar-refractivity contribution < 1.29 is 9.90 Å². The van der Waals surface area contributed by atoms with Gasteiger partial charge in [-0.25, -0.2) is 9.67 Å². The lowest BCUT2D eigenvalue weighted by atomic mass is 10.1. The standard InChI is InChI=1S/C20H20N6O2S/c1-13-9-16(14(2)26(13)20-22-7-8-29-20)19(28)12-25-11-15(23-24-25)10-18(27)17-5-3-4-6-21-17/h3-9,11,18,27H,10,12H2,1-2H3. The predicted octanol–water partition coefficient (Wildman–Crippen LogP) is 2.70. The van der Waals surface area contributed by atoms with Gasteiger partial charge in [0.15, 0.2) is 10.9 Å². The minimum absolute atomic E-state index is 0.0531. The number of rotatable bonds is 7. The van der Waals surface area contributed by atoms with Crippen molar-refractivity contribution in [2.24, 2.45) is 0 Å². The third-order valence-electron chi connectivity index (χ3n) is 4.67. The molecule has 0 aliphatic rings. The van der Waals surface area contributed by atoms with Crippen LogP contribution >= 0.6 is 11.3 Å². The molecule has 0 radical (unpaired) electrons. The molecule has 0 saturated heterocycles. The van der Waals surface area contributed by atoms with Gasteiger partial charge in [-0.3, -0.25) is 14.3 Å². The first kappa shape index (κ1) is 19.2. The van der Waals surface area contributed by atoms with Crippen molar-refractivity contribution in [3.63, 3.8) is 0 Å². The van der Waals surface area contributed by atoms with E-state index in [2.05, 4.69) is 20.3 Å². The van der Waals surface area contributed by atoms with E-state index in [1.165, 1.54) is 16.0 Å². The third kappa shape index (κ3) is 4.01. The molecule has 4 aromatic rings. The van der Waals surface area contributed by atoms with E-state index in [0.717, 1.165) is 16.5 Å². The van der Waals surface area contributed by atoms with Gasteiger partial charge < -0.3 is 5.11 Å². The smallest absolute Gasteiger partial charge is 0.193 e. The van der Waals surface area contributed by atoms with Crippen LogP contribution in [0.4, 0.5) is 0 Å². The van der Waals surface area contributed by atoms with E-state index >= 15 is 0 Å². The summed E-state index contributed by atoms with van der Waals surface area (Å²) < 4.78 is 3.48. The number of aromatic nitrogens is 6. The number of aliphatic hydroxyl groups excluding tert-OH is 1. The molecular formula is C20H20N6O2S. The zero-order chi connectivity index (χ0) is 20.4. The zero-order valence-electron chi connectivity index (χ0n) is 16.1. The van der Waals surface area contributed by atoms with Crippen molar-refractivity contribution in [1.82, 2.24) is 29.5 Å². The Balaban J connectivity index is 1.47. The second-order valence-corrected chi connectivity index (χ2v) is 7.61. The summed E-state index contributed by atoms with van der Waals surface area (Å²) in [6.07, 6.45) is 4.58. The number of pyridine rings is 1. The highest BCUT2D eigenvalue weighted by atomic mass is 32.1. The summed E-state index contributed by atoms with van der Waals surface area (Å²) in [5.74, 6) is -0.0531. The average Bonchev–Trinajstić information content (AvgIpc) is 3.44. The van der Waals surface area contributed by atoms with E-state index in [1.807, 2.05) is 35.9 Å². The van der Waals surface area contributed by atoms with Crippen molar-refractivity contribution in [2.75, 3.05) is 0 Å². The summed E-state index contributed by atoms with van der Waals surface area (Å²) in [5.41, 5.74) is 3.63. The second-order valence-electron chi connectivity index (χ2n) is 6.74. The molecule has 4 heterocycles. The van der Waals surface area contributed by atoms with E-state index in [1.54, 1.807) is 30.7 Å². The Morgan fingerprint density at radius 1 is 1.24 bits per heavy atom. The van der Waals surface area contributed by atoms with Crippen LogP contribution in [0.2, 0.25) is 0 Å². The average molecular weight is 408 g/mol. The van der Waals surface area contributed by atoms with Crippen LogP contribution in [0.25, 0.3) is 5.13 Å². The maximum Gasteiger partial charge on any atom is 0.193 e. The van der Waals surface area contributed by atoms with Crippen LogP contribution in [-0.4, -0.2) is 40.4 Å². The molecule has 0 aliphatic carbocycles. The van der Waals surface area contributed by atoms with Gasteiger partial charge in [0, 0.05) is 47.3 Å². The van der Waals surface area contributed by atoms with Crippen LogP contribution in [0, 0.1) is 13.8 Å². The minimum atomic E-state index is -0.769. The van der Waals surface area contributed by atoms with Crippen molar-refractivity contribution in [2.45, 2.75) is 32.9 Å². The van der Waals surface area contributed by atoms with Crippen LogP contribution in [0.5, 0.6) is 0 Å². The van der Waals surface area contributed by atoms with Crippen molar-refractivity contribution in [3.05, 3.63) is 76.6 Å². The number of ketones is 1. The van der Waals surface area contributed by atoms with Gasteiger partial charge in [0.1, 0.15) is 12.6 Å². The fourth-order valence-electron chi connectivity index (χ4n) is 3.28. The van der Waals surface area contributed by atoms with E-state index in [0.29, 0.717) is 17.0 Å². The van der Waals surface area contributed by atoms with Crippen LogP contribution in [-0.2, 0) is 13.0 Å². The molecule has 0 saturated carbocycles. The molecule has 148 valence electrons. The molecule has 0 fully saturated rings. The molecule has 0 spiro atoms. The quantitative estimate of drug-likeness (QED) is 0.472. The van der Waals surface area contributed by atoms with Crippen molar-refractivity contribution in [1.29, 1.82) is 0 Å². The number of hydrogen-bond acceptors (Lipinski definition) is 7. The van der Waals surface area contributed by atoms with Crippen LogP contribution in [0.15, 0.2) is 48.2 Å². The SMILES string of the molecule is Cc1cc(C(=O)Cn2cc(CC(O)c3ccccn3)nn2)c(C)n1-c1nccs1. The summed E-state index contributed by atoms with van der Waals surface area (Å²) in [4.78, 5) is 21.3. The lowest BCUT2D eigenvalue weighted by molar-refractivity contribution is 0.0966. The van der Waals surface area contributed by atoms with E-state index in [-0.39, 0.29) is 18.7 Å². The van der Waals surface area contributed by atoms with E-state index < -0.39 is 6.10 Å². The van der Waals surface area contributed by atoms with Gasteiger partial charge in [0.05, 0.1) is 11.4 Å². The lowest BCUT2D eigenvalue weighted by Gasteiger charge is -2.07. The molecule has 0 aromatic carbocycles. The van der Waals surface area contributed by atoms with Gasteiger partial charge in [0.25, 0.3) is 0 Å². The largest absolute Gasteiger partial charge is 0.386 e. The number of carbonyl (C=O) groups is 1. The predicted molar refractivity (Wildman–Crippen MR) is 108 cm³/mol. The van der Waals surface area contributed by atoms with Crippen LogP contribution in [0.1, 0.15) is 39.2 Å². The van der Waals surface area contributed by atoms with Crippen LogP contribution in [0.3, 0.4) is 0 Å². The van der Waals surface area contributed by atoms with E-state index in [9.17, 15) is 9.90 Å². The van der Waals surface area contributed by atoms with Crippen LogP contribution < -0.4 is 0 Å². The highest BCUT2D eigenvalue weighted by Gasteiger charge is 2.19. The molecule has 4 aromatic heterocycles. The number of aryl methyl sites for hydroxylation is 1. The summed E-state index contributed by atoms with van der Waals surface area (Å²) in [6.45, 7) is 3.95. The number of Topliss-reactive ketones (excluding diaryl/α,β-unsaturated/α-hetero) is 1. The molecular weight excluding hydrogens is 388 g/mol. The number of carbonyl (C=O) groups excluding carboxylic acids is 1. The van der Waals surface area contributed by atoms with Gasteiger partial charge in [-0.15, -0.1) is 16.4 Å². The molecule has 0 aliphatic heterocycles. The van der Waals surface area contributed by atoms with Crippen molar-refractivity contribution >= 4 is 17.1 Å². The Hall–Kier alpha value is -3.17. The molecule has 8 nitrogen and oxygen atoms in total. The molecule has 1 N–H and O–H groups in total. The molecule has 0 amide bonds. The number of hydrogen-bond donors (Lipinski definition) is 1. The van der Waals surface area contributed by atoms with Crippen molar-refractivity contribution in [3.8, 4) is 5.13 Å². The Morgan fingerprint density at radius 2 is 2.10 bits per heavy atom. The minimum Gasteiger partial charge on any atom is -0.386 e. The topological polar surface area (TPSA) is 98.7 Å². The number of thiazole rings is 1. The van der Waals surface area contributed by atoms with Gasteiger partial charge in [-0.1, -0.05) is 11.3 Å². The highest BCUT2D eigenvalue weighted by Crippen LogP contribution is 2.23. The Bertz CT molecular complexity index is 1120. The van der Waals surface area contributed by atoms with Gasteiger partial charge in [0.2, 0.25) is 0 Å². The summed E-state index contributed by atoms with van der Waals surface area (Å²) in [5, 5.41) is 21.1. The first-order valence-corrected chi connectivity index (χ1v) is 10.0. The molecule has 1 atom stereocenters. The normalized spacial score (nSPS) is 12.2. The monoisotopic (exact) mass is 408 g/mol. The molecule has 4 rings (SSSR count). The van der Waals surface area contributed by atoms with E-state index in [4.69, 9.17) is 0 Å². The summed E-state index contributed by atoms with van der Waals surface area (Å²) in [6, 6.07) is 7.26. The molecule has 0 bridgehead atoms. The summed E-state index contributed by atoms with van der Waals surface area (Å²) in [7, 11) is 0. The fourth-order valence-corrected chi connectivity index (χ4v) is 4.03. The molecule has 9 heteroatoms. The fraction of sp³-hybridized carbons (Fsp3) is 0.250. The zero-order valence-corrected chi connectivity index (χ0v) is 16.9. The van der Waals surface area contributed by atoms with Gasteiger partial charge in [-0.2, -0.15) is 0 Å². The maximum absolute atomic E-state index is 12.8. The summed E-state index contributed by atoms with van der Waals surface area (Å²) >= 11 is 1.52.